The number of thiazole rings is 1. The van der Waals surface area contributed by atoms with Crippen LogP contribution in [-0.2, 0) is 17.6 Å². The van der Waals surface area contributed by atoms with E-state index in [2.05, 4.69) is 17.2 Å². The fourth-order valence-corrected chi connectivity index (χ4v) is 2.75. The zero-order valence-corrected chi connectivity index (χ0v) is 13.6. The maximum atomic E-state index is 12.1. The second-order valence-corrected chi connectivity index (χ2v) is 5.99. The molecular weight excluding hydrogens is 316 g/mol. The molecule has 0 atom stereocenters. The van der Waals surface area contributed by atoms with E-state index in [1.807, 2.05) is 6.20 Å². The van der Waals surface area contributed by atoms with Gasteiger partial charge in [-0.05, 0) is 24.6 Å². The van der Waals surface area contributed by atoms with E-state index >= 15 is 0 Å². The molecule has 0 fully saturated rings. The van der Waals surface area contributed by atoms with E-state index in [-0.39, 0.29) is 5.91 Å². The smallest absolute Gasteiger partial charge is 0.341 e. The van der Waals surface area contributed by atoms with Crippen molar-refractivity contribution in [1.29, 1.82) is 0 Å². The summed E-state index contributed by atoms with van der Waals surface area (Å²) in [7, 11) is 0. The first-order valence-electron chi connectivity index (χ1n) is 7.25. The third-order valence-electron chi connectivity index (χ3n) is 3.03. The lowest BCUT2D eigenvalue weighted by Crippen LogP contribution is -2.25. The zero-order valence-electron chi connectivity index (χ0n) is 12.7. The first-order valence-corrected chi connectivity index (χ1v) is 8.06. The molecule has 1 aromatic heterocycles. The van der Waals surface area contributed by atoms with Gasteiger partial charge in [-0.3, -0.25) is 4.79 Å². The average Bonchev–Trinajstić information content (AvgIpc) is 3.01. The summed E-state index contributed by atoms with van der Waals surface area (Å²) in [6.07, 6.45) is 3.52. The van der Waals surface area contributed by atoms with Crippen molar-refractivity contribution in [2.75, 3.05) is 13.2 Å². The van der Waals surface area contributed by atoms with Crippen LogP contribution in [0.2, 0.25) is 0 Å². The van der Waals surface area contributed by atoms with E-state index in [0.717, 1.165) is 11.4 Å². The normalized spacial score (nSPS) is 10.3. The standard InChI is InChI=1S/C16H18N2O4S/c1-2-13-9-18-14(23-13)6-7-17-16(21)11-4-3-5-12(8-11)22-10-15(19)20/h3-5,8-9H,2,6-7,10H2,1H3,(H,17,21)(H,19,20). The van der Waals surface area contributed by atoms with Crippen molar-refractivity contribution in [2.45, 2.75) is 19.8 Å². The predicted molar refractivity (Wildman–Crippen MR) is 87.1 cm³/mol. The molecule has 2 N–H and O–H groups in total. The second kappa shape index (κ2) is 8.28. The highest BCUT2D eigenvalue weighted by atomic mass is 32.1. The summed E-state index contributed by atoms with van der Waals surface area (Å²) in [6.45, 7) is 2.14. The van der Waals surface area contributed by atoms with Gasteiger partial charge in [-0.1, -0.05) is 13.0 Å². The molecule has 1 aromatic carbocycles. The lowest BCUT2D eigenvalue weighted by molar-refractivity contribution is -0.139. The maximum Gasteiger partial charge on any atom is 0.341 e. The molecule has 0 bridgehead atoms. The molecule has 23 heavy (non-hydrogen) atoms. The van der Waals surface area contributed by atoms with Gasteiger partial charge in [0.25, 0.3) is 5.91 Å². The zero-order chi connectivity index (χ0) is 16.7. The van der Waals surface area contributed by atoms with Crippen LogP contribution in [0.4, 0.5) is 0 Å². The van der Waals surface area contributed by atoms with Gasteiger partial charge in [-0.25, -0.2) is 9.78 Å². The number of aromatic nitrogens is 1. The second-order valence-electron chi connectivity index (χ2n) is 4.79. The van der Waals surface area contributed by atoms with Crippen molar-refractivity contribution in [1.82, 2.24) is 10.3 Å². The molecule has 0 spiro atoms. The van der Waals surface area contributed by atoms with Crippen LogP contribution in [0.15, 0.2) is 30.5 Å². The summed E-state index contributed by atoms with van der Waals surface area (Å²) in [6, 6.07) is 6.44. The molecule has 0 aliphatic carbocycles. The number of amides is 1. The minimum atomic E-state index is -1.06. The number of nitrogens with one attached hydrogen (secondary N) is 1. The monoisotopic (exact) mass is 334 g/mol. The molecule has 1 heterocycles. The van der Waals surface area contributed by atoms with E-state index in [4.69, 9.17) is 9.84 Å². The van der Waals surface area contributed by atoms with Crippen molar-refractivity contribution in [3.05, 3.63) is 45.9 Å². The molecule has 1 amide bonds. The molecular formula is C16H18N2O4S. The fraction of sp³-hybridized carbons (Fsp3) is 0.312. The van der Waals surface area contributed by atoms with E-state index < -0.39 is 12.6 Å². The topological polar surface area (TPSA) is 88.5 Å². The highest BCUT2D eigenvalue weighted by molar-refractivity contribution is 7.11. The van der Waals surface area contributed by atoms with Gasteiger partial charge in [0.1, 0.15) is 5.75 Å². The van der Waals surface area contributed by atoms with Crippen molar-refractivity contribution in [3.63, 3.8) is 0 Å². The van der Waals surface area contributed by atoms with Crippen LogP contribution in [0.25, 0.3) is 0 Å². The molecule has 2 aromatic rings. The minimum Gasteiger partial charge on any atom is -0.482 e. The Bertz CT molecular complexity index is 684. The van der Waals surface area contributed by atoms with Crippen LogP contribution in [0.5, 0.6) is 5.75 Å². The number of aryl methyl sites for hydroxylation is 1. The summed E-state index contributed by atoms with van der Waals surface area (Å²) in [5, 5.41) is 12.4. The predicted octanol–water partition coefficient (Wildman–Crippen LogP) is 2.14. The van der Waals surface area contributed by atoms with Gasteiger partial charge in [0.15, 0.2) is 6.61 Å². The first kappa shape index (κ1) is 17.0. The number of benzene rings is 1. The summed E-state index contributed by atoms with van der Waals surface area (Å²) in [5.74, 6) is -0.930. The number of carboxylic acid groups (broad SMARTS) is 1. The third-order valence-corrected chi connectivity index (χ3v) is 4.23. The number of nitrogens with zero attached hydrogens (tertiary/aromatic N) is 1. The van der Waals surface area contributed by atoms with Crippen LogP contribution in [0.1, 0.15) is 27.2 Å². The van der Waals surface area contributed by atoms with Crippen molar-refractivity contribution in [3.8, 4) is 5.75 Å². The van der Waals surface area contributed by atoms with E-state index in [9.17, 15) is 9.59 Å². The molecule has 0 aliphatic heterocycles. The Morgan fingerprint density at radius 2 is 2.22 bits per heavy atom. The number of carbonyl (C=O) groups excluding carboxylic acids is 1. The average molecular weight is 334 g/mol. The largest absolute Gasteiger partial charge is 0.482 e. The van der Waals surface area contributed by atoms with Crippen molar-refractivity contribution >= 4 is 23.2 Å². The van der Waals surface area contributed by atoms with Crippen LogP contribution in [0.3, 0.4) is 0 Å². The molecule has 122 valence electrons. The summed E-state index contributed by atoms with van der Waals surface area (Å²) >= 11 is 1.65. The van der Waals surface area contributed by atoms with E-state index in [1.54, 1.807) is 29.5 Å². The molecule has 2 rings (SSSR count). The van der Waals surface area contributed by atoms with E-state index in [0.29, 0.717) is 24.3 Å². The number of carbonyl (C=O) groups is 2. The molecule has 0 aliphatic rings. The number of carboxylic acids is 1. The lowest BCUT2D eigenvalue weighted by atomic mass is 10.2. The first-order chi connectivity index (χ1) is 11.1. The number of rotatable bonds is 8. The molecule has 7 heteroatoms. The Balaban J connectivity index is 1.85. The molecule has 6 nitrogen and oxygen atoms in total. The third kappa shape index (κ3) is 5.37. The summed E-state index contributed by atoms with van der Waals surface area (Å²) in [4.78, 5) is 28.1. The lowest BCUT2D eigenvalue weighted by Gasteiger charge is -2.07. The highest BCUT2D eigenvalue weighted by Crippen LogP contribution is 2.14. The summed E-state index contributed by atoms with van der Waals surface area (Å²) in [5.41, 5.74) is 0.432. The quantitative estimate of drug-likeness (QED) is 0.772. The molecule has 0 saturated carbocycles. The Morgan fingerprint density at radius 3 is 2.91 bits per heavy atom. The van der Waals surface area contributed by atoms with Gasteiger partial charge in [-0.2, -0.15) is 0 Å². The SMILES string of the molecule is CCc1cnc(CCNC(=O)c2cccc(OCC(=O)O)c2)s1. The Morgan fingerprint density at radius 1 is 1.39 bits per heavy atom. The van der Waals surface area contributed by atoms with Crippen LogP contribution in [-0.4, -0.2) is 35.1 Å². The number of hydrogen-bond donors (Lipinski definition) is 2. The van der Waals surface area contributed by atoms with Gasteiger partial charge >= 0.3 is 5.97 Å². The Hall–Kier alpha value is -2.41. The number of ether oxygens (including phenoxy) is 1. The van der Waals surface area contributed by atoms with Gasteiger partial charge in [0.2, 0.25) is 0 Å². The Labute approximate surface area is 138 Å². The number of hydrogen-bond acceptors (Lipinski definition) is 5. The fourth-order valence-electron chi connectivity index (χ4n) is 1.88. The van der Waals surface area contributed by atoms with Gasteiger partial charge < -0.3 is 15.2 Å². The molecule has 0 radical (unpaired) electrons. The molecule has 0 unspecified atom stereocenters. The Kier molecular flexibility index (Phi) is 6.10. The van der Waals surface area contributed by atoms with Crippen LogP contribution < -0.4 is 10.1 Å². The van der Waals surface area contributed by atoms with Gasteiger partial charge in [0.05, 0.1) is 5.01 Å². The van der Waals surface area contributed by atoms with Crippen LogP contribution >= 0.6 is 11.3 Å². The van der Waals surface area contributed by atoms with Crippen LogP contribution in [0, 0.1) is 0 Å². The minimum absolute atomic E-state index is 0.224. The molecule has 0 saturated heterocycles. The summed E-state index contributed by atoms with van der Waals surface area (Å²) < 4.78 is 5.06. The maximum absolute atomic E-state index is 12.1. The highest BCUT2D eigenvalue weighted by Gasteiger charge is 2.08. The van der Waals surface area contributed by atoms with E-state index in [1.165, 1.54) is 10.9 Å². The number of aliphatic carboxylic acids is 1. The van der Waals surface area contributed by atoms with Gasteiger partial charge in [0, 0.05) is 29.6 Å². The van der Waals surface area contributed by atoms with Gasteiger partial charge in [-0.15, -0.1) is 11.3 Å². The van der Waals surface area contributed by atoms with Crippen molar-refractivity contribution in [2.24, 2.45) is 0 Å². The van der Waals surface area contributed by atoms with Crippen molar-refractivity contribution < 1.29 is 19.4 Å².